The number of morpholine rings is 1. The van der Waals surface area contributed by atoms with E-state index in [1.54, 1.807) is 0 Å². The smallest absolute Gasteiger partial charge is 0.229 e. The summed E-state index contributed by atoms with van der Waals surface area (Å²) in [7, 11) is 0. The van der Waals surface area contributed by atoms with Crippen LogP contribution in [0.3, 0.4) is 0 Å². The fraction of sp³-hybridized carbons (Fsp3) is 0.889. The standard InChI is InChI=1S/C18H30N4O2/c1-2-16-20-17(24-21-16)14-3-5-15(6-4-14)19-13-18(7-8-18)22-9-11-23-12-10-22/h14-15,19H,2-13H2,1H3. The molecule has 4 rings (SSSR count). The zero-order valence-corrected chi connectivity index (χ0v) is 14.8. The van der Waals surface area contributed by atoms with Crippen molar-refractivity contribution >= 4 is 0 Å². The second kappa shape index (κ2) is 7.10. The lowest BCUT2D eigenvalue weighted by Gasteiger charge is -2.36. The highest BCUT2D eigenvalue weighted by Crippen LogP contribution is 2.42. The quantitative estimate of drug-likeness (QED) is 0.860. The van der Waals surface area contributed by atoms with Gasteiger partial charge in [0.2, 0.25) is 5.89 Å². The molecule has 2 saturated carbocycles. The Morgan fingerprint density at radius 3 is 2.54 bits per heavy atom. The summed E-state index contributed by atoms with van der Waals surface area (Å²) in [5.74, 6) is 2.16. The van der Waals surface area contributed by atoms with E-state index in [0.29, 0.717) is 17.5 Å². The van der Waals surface area contributed by atoms with Gasteiger partial charge in [-0.3, -0.25) is 4.90 Å². The largest absolute Gasteiger partial charge is 0.379 e. The first-order chi connectivity index (χ1) is 11.8. The summed E-state index contributed by atoms with van der Waals surface area (Å²) in [5.41, 5.74) is 0.434. The molecule has 0 bridgehead atoms. The van der Waals surface area contributed by atoms with E-state index < -0.39 is 0 Å². The van der Waals surface area contributed by atoms with Crippen molar-refractivity contribution in [3.8, 4) is 0 Å². The van der Waals surface area contributed by atoms with Crippen LogP contribution in [0.25, 0.3) is 0 Å². The molecule has 3 fully saturated rings. The first-order valence-electron chi connectivity index (χ1n) is 9.68. The molecule has 1 saturated heterocycles. The van der Waals surface area contributed by atoms with E-state index >= 15 is 0 Å². The molecule has 134 valence electrons. The number of nitrogens with zero attached hydrogens (tertiary/aromatic N) is 3. The molecule has 0 radical (unpaired) electrons. The average molecular weight is 334 g/mol. The Labute approximate surface area is 144 Å². The lowest BCUT2D eigenvalue weighted by atomic mass is 9.86. The number of aryl methyl sites for hydroxylation is 1. The summed E-state index contributed by atoms with van der Waals surface area (Å²) in [6.45, 7) is 7.21. The van der Waals surface area contributed by atoms with Crippen LogP contribution in [0.15, 0.2) is 4.52 Å². The number of aromatic nitrogens is 2. The predicted octanol–water partition coefficient (Wildman–Crippen LogP) is 2.11. The molecule has 1 aromatic heterocycles. The van der Waals surface area contributed by atoms with Gasteiger partial charge < -0.3 is 14.6 Å². The zero-order valence-electron chi connectivity index (χ0n) is 14.8. The van der Waals surface area contributed by atoms with E-state index in [0.717, 1.165) is 63.8 Å². The van der Waals surface area contributed by atoms with Gasteiger partial charge in [0, 0.05) is 43.6 Å². The summed E-state index contributed by atoms with van der Waals surface area (Å²) in [6.07, 6.45) is 8.29. The van der Waals surface area contributed by atoms with Crippen molar-refractivity contribution < 1.29 is 9.26 Å². The minimum atomic E-state index is 0.434. The molecule has 0 spiro atoms. The molecule has 2 aliphatic carbocycles. The van der Waals surface area contributed by atoms with E-state index in [1.165, 1.54) is 25.7 Å². The van der Waals surface area contributed by atoms with Gasteiger partial charge >= 0.3 is 0 Å². The third kappa shape index (κ3) is 3.51. The Morgan fingerprint density at radius 1 is 1.17 bits per heavy atom. The van der Waals surface area contributed by atoms with Crippen LogP contribution in [-0.2, 0) is 11.2 Å². The lowest BCUT2D eigenvalue weighted by molar-refractivity contribution is 0.00872. The maximum Gasteiger partial charge on any atom is 0.229 e. The van der Waals surface area contributed by atoms with Gasteiger partial charge in [-0.2, -0.15) is 4.98 Å². The van der Waals surface area contributed by atoms with Gasteiger partial charge in [-0.1, -0.05) is 12.1 Å². The van der Waals surface area contributed by atoms with Crippen molar-refractivity contribution in [2.45, 2.75) is 69.4 Å². The molecule has 6 nitrogen and oxygen atoms in total. The van der Waals surface area contributed by atoms with Crippen molar-refractivity contribution in [2.75, 3.05) is 32.8 Å². The van der Waals surface area contributed by atoms with E-state index in [-0.39, 0.29) is 0 Å². The Morgan fingerprint density at radius 2 is 1.92 bits per heavy atom. The molecule has 3 aliphatic rings. The molecular weight excluding hydrogens is 304 g/mol. The van der Waals surface area contributed by atoms with Crippen molar-refractivity contribution in [3.05, 3.63) is 11.7 Å². The summed E-state index contributed by atoms with van der Waals surface area (Å²) in [6, 6.07) is 0.647. The van der Waals surface area contributed by atoms with Gasteiger partial charge in [-0.05, 0) is 38.5 Å². The lowest BCUT2D eigenvalue weighted by Crippen LogP contribution is -2.51. The van der Waals surface area contributed by atoms with Gasteiger partial charge in [-0.15, -0.1) is 0 Å². The topological polar surface area (TPSA) is 63.4 Å². The highest BCUT2D eigenvalue weighted by Gasteiger charge is 2.48. The monoisotopic (exact) mass is 334 g/mol. The first kappa shape index (κ1) is 16.5. The van der Waals surface area contributed by atoms with Crippen molar-refractivity contribution in [3.63, 3.8) is 0 Å². The number of hydrogen-bond donors (Lipinski definition) is 1. The minimum Gasteiger partial charge on any atom is -0.379 e. The van der Waals surface area contributed by atoms with E-state index in [4.69, 9.17) is 9.26 Å². The van der Waals surface area contributed by atoms with Crippen LogP contribution in [0.4, 0.5) is 0 Å². The molecule has 24 heavy (non-hydrogen) atoms. The summed E-state index contributed by atoms with van der Waals surface area (Å²) < 4.78 is 10.9. The highest BCUT2D eigenvalue weighted by molar-refractivity contribution is 5.06. The SMILES string of the molecule is CCc1noc(C2CCC(NCC3(N4CCOCC4)CC3)CC2)n1. The number of hydrogen-bond acceptors (Lipinski definition) is 6. The van der Waals surface area contributed by atoms with Crippen molar-refractivity contribution in [1.82, 2.24) is 20.4 Å². The van der Waals surface area contributed by atoms with E-state index in [2.05, 4.69) is 27.3 Å². The second-order valence-electron chi connectivity index (χ2n) is 7.66. The molecule has 1 aliphatic heterocycles. The molecule has 1 N–H and O–H groups in total. The summed E-state index contributed by atoms with van der Waals surface area (Å²) in [4.78, 5) is 7.17. The van der Waals surface area contributed by atoms with Crippen LogP contribution in [-0.4, -0.2) is 59.5 Å². The van der Waals surface area contributed by atoms with Gasteiger partial charge in [0.15, 0.2) is 5.82 Å². The summed E-state index contributed by atoms with van der Waals surface area (Å²) in [5, 5.41) is 7.90. The van der Waals surface area contributed by atoms with Crippen LogP contribution in [0.2, 0.25) is 0 Å². The van der Waals surface area contributed by atoms with E-state index in [1.807, 2.05) is 0 Å². The first-order valence-corrected chi connectivity index (χ1v) is 9.68. The fourth-order valence-electron chi connectivity index (χ4n) is 4.24. The van der Waals surface area contributed by atoms with Crippen molar-refractivity contribution in [2.24, 2.45) is 0 Å². The molecular formula is C18H30N4O2. The van der Waals surface area contributed by atoms with Crippen LogP contribution in [0.1, 0.15) is 63.1 Å². The van der Waals surface area contributed by atoms with Crippen LogP contribution < -0.4 is 5.32 Å². The zero-order chi connectivity index (χ0) is 16.4. The van der Waals surface area contributed by atoms with Crippen LogP contribution in [0, 0.1) is 0 Å². The van der Waals surface area contributed by atoms with Crippen molar-refractivity contribution in [1.29, 1.82) is 0 Å². The number of ether oxygens (including phenoxy) is 1. The van der Waals surface area contributed by atoms with Crippen LogP contribution >= 0.6 is 0 Å². The summed E-state index contributed by atoms with van der Waals surface area (Å²) >= 11 is 0. The molecule has 0 atom stereocenters. The Balaban J connectivity index is 1.23. The number of nitrogens with one attached hydrogen (secondary N) is 1. The third-order valence-electron chi connectivity index (χ3n) is 6.11. The Bertz CT molecular complexity index is 529. The van der Waals surface area contributed by atoms with E-state index in [9.17, 15) is 0 Å². The molecule has 0 unspecified atom stereocenters. The molecule has 6 heteroatoms. The Kier molecular flexibility index (Phi) is 4.88. The second-order valence-corrected chi connectivity index (χ2v) is 7.66. The van der Waals surface area contributed by atoms with Gasteiger partial charge in [0.1, 0.15) is 0 Å². The predicted molar refractivity (Wildman–Crippen MR) is 91.0 cm³/mol. The van der Waals surface area contributed by atoms with Gasteiger partial charge in [0.05, 0.1) is 13.2 Å². The minimum absolute atomic E-state index is 0.434. The normalized spacial score (nSPS) is 30.4. The molecule has 0 amide bonds. The molecule has 1 aromatic rings. The molecule has 2 heterocycles. The highest BCUT2D eigenvalue weighted by atomic mass is 16.5. The molecule has 0 aromatic carbocycles. The van der Waals surface area contributed by atoms with Crippen LogP contribution in [0.5, 0.6) is 0 Å². The van der Waals surface area contributed by atoms with Gasteiger partial charge in [-0.25, -0.2) is 0 Å². The van der Waals surface area contributed by atoms with Gasteiger partial charge in [0.25, 0.3) is 0 Å². The maximum absolute atomic E-state index is 5.50. The third-order valence-corrected chi connectivity index (χ3v) is 6.11. The Hall–Kier alpha value is -0.980. The number of rotatable bonds is 6. The average Bonchev–Trinajstić information content (AvgIpc) is 3.29. The maximum atomic E-state index is 5.50. The fourth-order valence-corrected chi connectivity index (χ4v) is 4.24.